The molecule has 0 N–H and O–H groups in total. The van der Waals surface area contributed by atoms with E-state index >= 15 is 0 Å². The molecule has 3 nitrogen and oxygen atoms in total. The Kier molecular flexibility index (Phi) is 6.12. The fourth-order valence-corrected chi connectivity index (χ4v) is 9.00. The Balaban J connectivity index is 0.982. The summed E-state index contributed by atoms with van der Waals surface area (Å²) in [5.41, 5.74) is 12.1. The molecule has 0 saturated heterocycles. The number of benzene rings is 8. The molecule has 51 heavy (non-hydrogen) atoms. The number of fused-ring (bicyclic) bond motifs is 9. The van der Waals surface area contributed by atoms with Gasteiger partial charge in [-0.2, -0.15) is 0 Å². The van der Waals surface area contributed by atoms with Crippen molar-refractivity contribution in [1.29, 1.82) is 0 Å². The van der Waals surface area contributed by atoms with Gasteiger partial charge < -0.3 is 8.98 Å². The summed E-state index contributed by atoms with van der Waals surface area (Å²) in [6, 6.07) is 60.6. The van der Waals surface area contributed by atoms with Crippen molar-refractivity contribution in [3.05, 3.63) is 170 Å². The highest BCUT2D eigenvalue weighted by Crippen LogP contribution is 2.43. The Morgan fingerprint density at radius 3 is 1.82 bits per heavy atom. The summed E-state index contributed by atoms with van der Waals surface area (Å²) in [5.74, 6) is 0. The molecule has 238 valence electrons. The Morgan fingerprint density at radius 2 is 1.06 bits per heavy atom. The van der Waals surface area contributed by atoms with Crippen molar-refractivity contribution in [2.75, 3.05) is 0 Å². The first-order valence-corrected chi connectivity index (χ1v) is 18.0. The van der Waals surface area contributed by atoms with Crippen LogP contribution < -0.4 is 0 Å². The fraction of sp³-hybridized carbons (Fsp3) is 0. The molecule has 0 aliphatic carbocycles. The van der Waals surface area contributed by atoms with Crippen molar-refractivity contribution in [2.45, 2.75) is 0 Å². The SMILES string of the molecule is c1ccc2c(-c3ccc(-c4cccc5c4oc4ccc6nc(-c7ccc(-n8c9ccccc9c9ccccc98)cc7)sc6c45)cc3)cccc2c1. The highest BCUT2D eigenvalue weighted by Gasteiger charge is 2.18. The van der Waals surface area contributed by atoms with Crippen LogP contribution in [-0.4, -0.2) is 9.55 Å². The third-order valence-electron chi connectivity index (χ3n) is 10.3. The van der Waals surface area contributed by atoms with E-state index in [0.717, 1.165) is 59.5 Å². The Labute approximate surface area is 297 Å². The maximum absolute atomic E-state index is 6.64. The molecule has 0 radical (unpaired) electrons. The Bertz CT molecular complexity index is 3070. The summed E-state index contributed by atoms with van der Waals surface area (Å²) in [6.07, 6.45) is 0. The predicted molar refractivity (Wildman–Crippen MR) is 215 cm³/mol. The minimum atomic E-state index is 0.884. The van der Waals surface area contributed by atoms with Gasteiger partial charge in [0.05, 0.1) is 21.3 Å². The number of aromatic nitrogens is 2. The molecule has 0 fully saturated rings. The van der Waals surface area contributed by atoms with Crippen LogP contribution in [0.4, 0.5) is 0 Å². The van der Waals surface area contributed by atoms with Gasteiger partial charge in [-0.25, -0.2) is 4.98 Å². The second-order valence-corrected chi connectivity index (χ2v) is 14.1. The standard InChI is InChI=1S/C47H28N2OS/c1-2-11-34-29(9-1)10-7-14-35(34)30-19-21-31(22-20-30)36-15-8-16-39-44-43(50-45(36)39)28-27-40-46(44)51-47(48-40)32-23-25-33(26-24-32)49-41-17-5-3-12-37(41)38-13-4-6-18-42(38)49/h1-28H. The van der Waals surface area contributed by atoms with Crippen LogP contribution in [0.1, 0.15) is 0 Å². The summed E-state index contributed by atoms with van der Waals surface area (Å²) >= 11 is 1.73. The average Bonchev–Trinajstić information content (AvgIpc) is 3.90. The van der Waals surface area contributed by atoms with E-state index in [1.54, 1.807) is 11.3 Å². The smallest absolute Gasteiger partial charge is 0.143 e. The Morgan fingerprint density at radius 1 is 0.471 bits per heavy atom. The van der Waals surface area contributed by atoms with Gasteiger partial charge in [0.15, 0.2) is 0 Å². The second-order valence-electron chi connectivity index (χ2n) is 13.1. The van der Waals surface area contributed by atoms with Crippen LogP contribution in [0.3, 0.4) is 0 Å². The third-order valence-corrected chi connectivity index (χ3v) is 11.4. The molecule has 0 aliphatic rings. The lowest BCUT2D eigenvalue weighted by Crippen LogP contribution is -1.93. The van der Waals surface area contributed by atoms with E-state index in [4.69, 9.17) is 9.40 Å². The van der Waals surface area contributed by atoms with Crippen LogP contribution in [-0.2, 0) is 0 Å². The van der Waals surface area contributed by atoms with Crippen molar-refractivity contribution in [2.24, 2.45) is 0 Å². The van der Waals surface area contributed by atoms with Crippen LogP contribution in [0.15, 0.2) is 174 Å². The molecule has 11 aromatic rings. The summed E-state index contributed by atoms with van der Waals surface area (Å²) in [6.45, 7) is 0. The zero-order valence-corrected chi connectivity index (χ0v) is 28.2. The lowest BCUT2D eigenvalue weighted by molar-refractivity contribution is 0.670. The van der Waals surface area contributed by atoms with Crippen LogP contribution in [0.25, 0.3) is 103 Å². The maximum atomic E-state index is 6.64. The van der Waals surface area contributed by atoms with Gasteiger partial charge in [-0.3, -0.25) is 0 Å². The molecule has 8 aromatic carbocycles. The first-order valence-electron chi connectivity index (χ1n) is 17.2. The molecular formula is C47H28N2OS. The molecule has 0 spiro atoms. The summed E-state index contributed by atoms with van der Waals surface area (Å²) < 4.78 is 10.1. The van der Waals surface area contributed by atoms with Gasteiger partial charge in [-0.15, -0.1) is 11.3 Å². The first kappa shape index (κ1) is 28.4. The molecule has 11 rings (SSSR count). The molecule has 3 heterocycles. The number of thiazole rings is 1. The van der Waals surface area contributed by atoms with E-state index in [0.29, 0.717) is 0 Å². The van der Waals surface area contributed by atoms with Crippen LogP contribution >= 0.6 is 11.3 Å². The normalized spacial score (nSPS) is 11.9. The first-order chi connectivity index (χ1) is 25.3. The second kappa shape index (κ2) is 11.0. The third kappa shape index (κ3) is 4.33. The van der Waals surface area contributed by atoms with Gasteiger partial charge in [0.1, 0.15) is 16.2 Å². The highest BCUT2D eigenvalue weighted by atomic mass is 32.1. The Hall–Kier alpha value is -6.49. The van der Waals surface area contributed by atoms with Crippen molar-refractivity contribution < 1.29 is 4.42 Å². The van der Waals surface area contributed by atoms with E-state index in [9.17, 15) is 0 Å². The summed E-state index contributed by atoms with van der Waals surface area (Å²) in [4.78, 5) is 5.12. The van der Waals surface area contributed by atoms with E-state index in [-0.39, 0.29) is 0 Å². The number of para-hydroxylation sites is 3. The zero-order chi connectivity index (χ0) is 33.5. The number of hydrogen-bond acceptors (Lipinski definition) is 3. The molecule has 0 amide bonds. The van der Waals surface area contributed by atoms with Crippen LogP contribution in [0.5, 0.6) is 0 Å². The monoisotopic (exact) mass is 668 g/mol. The van der Waals surface area contributed by atoms with Gasteiger partial charge in [-0.05, 0) is 76.0 Å². The quantitative estimate of drug-likeness (QED) is 0.187. The van der Waals surface area contributed by atoms with Crippen LogP contribution in [0.2, 0.25) is 0 Å². The van der Waals surface area contributed by atoms with Crippen molar-refractivity contribution >= 4 is 76.1 Å². The molecule has 4 heteroatoms. The van der Waals surface area contributed by atoms with E-state index in [1.807, 2.05) is 0 Å². The van der Waals surface area contributed by atoms with Gasteiger partial charge >= 0.3 is 0 Å². The molecule has 0 atom stereocenters. The average molecular weight is 669 g/mol. The molecule has 0 unspecified atom stereocenters. The topological polar surface area (TPSA) is 31.0 Å². The van der Waals surface area contributed by atoms with Gasteiger partial charge in [-0.1, -0.05) is 121 Å². The number of nitrogens with zero attached hydrogens (tertiary/aromatic N) is 2. The summed E-state index contributed by atoms with van der Waals surface area (Å²) in [5, 5.41) is 8.28. The molecule has 0 saturated carbocycles. The fourth-order valence-electron chi connectivity index (χ4n) is 7.88. The largest absolute Gasteiger partial charge is 0.455 e. The van der Waals surface area contributed by atoms with E-state index < -0.39 is 0 Å². The lowest BCUT2D eigenvalue weighted by Gasteiger charge is -2.08. The maximum Gasteiger partial charge on any atom is 0.143 e. The van der Waals surface area contributed by atoms with E-state index in [2.05, 4.69) is 174 Å². The van der Waals surface area contributed by atoms with Crippen molar-refractivity contribution in [3.8, 4) is 38.5 Å². The minimum absolute atomic E-state index is 0.884. The zero-order valence-electron chi connectivity index (χ0n) is 27.4. The number of rotatable bonds is 4. The molecule has 0 aliphatic heterocycles. The number of hydrogen-bond donors (Lipinski definition) is 0. The van der Waals surface area contributed by atoms with Gasteiger partial charge in [0.25, 0.3) is 0 Å². The highest BCUT2D eigenvalue weighted by molar-refractivity contribution is 7.22. The number of furan rings is 1. The molecule has 3 aromatic heterocycles. The van der Waals surface area contributed by atoms with Gasteiger partial charge in [0, 0.05) is 38.4 Å². The van der Waals surface area contributed by atoms with Gasteiger partial charge in [0.2, 0.25) is 0 Å². The summed E-state index contributed by atoms with van der Waals surface area (Å²) in [7, 11) is 0. The lowest BCUT2D eigenvalue weighted by atomic mass is 9.96. The predicted octanol–water partition coefficient (Wildman–Crippen LogP) is 13.4. The van der Waals surface area contributed by atoms with E-state index in [1.165, 1.54) is 43.7 Å². The minimum Gasteiger partial charge on any atom is -0.455 e. The van der Waals surface area contributed by atoms with Crippen LogP contribution in [0, 0.1) is 0 Å². The molecule has 0 bridgehead atoms. The molecular weight excluding hydrogens is 641 g/mol. The van der Waals surface area contributed by atoms with Crippen molar-refractivity contribution in [3.63, 3.8) is 0 Å². The van der Waals surface area contributed by atoms with Crippen molar-refractivity contribution in [1.82, 2.24) is 9.55 Å².